The Morgan fingerprint density at radius 3 is 2.65 bits per heavy atom. The summed E-state index contributed by atoms with van der Waals surface area (Å²) in [5.74, 6) is -0.204. The predicted octanol–water partition coefficient (Wildman–Crippen LogP) is 3.24. The second-order valence-electron chi connectivity index (χ2n) is 6.63. The van der Waals surface area contributed by atoms with Gasteiger partial charge in [-0.15, -0.1) is 24.0 Å². The van der Waals surface area contributed by atoms with Gasteiger partial charge < -0.3 is 15.7 Å². The van der Waals surface area contributed by atoms with Crippen molar-refractivity contribution in [2.24, 2.45) is 4.99 Å². The third kappa shape index (κ3) is 7.49. The summed E-state index contributed by atoms with van der Waals surface area (Å²) >= 11 is 0. The topological polar surface area (TPSA) is 59.9 Å². The minimum Gasteiger partial charge on any atom is -0.505 e. The fourth-order valence-corrected chi connectivity index (χ4v) is 2.95. The summed E-state index contributed by atoms with van der Waals surface area (Å²) in [5, 5.41) is 16.0. The smallest absolute Gasteiger partial charge is 0.191 e. The molecule has 0 saturated carbocycles. The lowest BCUT2D eigenvalue weighted by molar-refractivity contribution is 0.221. The fourth-order valence-electron chi connectivity index (χ4n) is 2.95. The summed E-state index contributed by atoms with van der Waals surface area (Å²) in [5.41, 5.74) is 1.92. The summed E-state index contributed by atoms with van der Waals surface area (Å²) in [6, 6.07) is 4.74. The van der Waals surface area contributed by atoms with Gasteiger partial charge in [0.1, 0.15) is 0 Å². The quantitative estimate of drug-likeness (QED) is 0.256. The van der Waals surface area contributed by atoms with Crippen molar-refractivity contribution in [2.45, 2.75) is 39.3 Å². The normalized spacial score (nSPS) is 16.0. The number of guanidine groups is 1. The van der Waals surface area contributed by atoms with Crippen LogP contribution in [-0.4, -0.2) is 48.2 Å². The van der Waals surface area contributed by atoms with E-state index in [9.17, 15) is 9.50 Å². The summed E-state index contributed by atoms with van der Waals surface area (Å²) < 4.78 is 13.4. The molecule has 1 aromatic carbocycles. The number of aliphatic imine (C=N–C) groups is 1. The molecule has 1 aromatic rings. The van der Waals surface area contributed by atoms with Crippen LogP contribution < -0.4 is 10.6 Å². The molecular formula is C19H30FIN4O. The highest BCUT2D eigenvalue weighted by Crippen LogP contribution is 2.16. The highest BCUT2D eigenvalue weighted by Gasteiger charge is 2.19. The van der Waals surface area contributed by atoms with Crippen LogP contribution in [0, 0.1) is 5.82 Å². The van der Waals surface area contributed by atoms with E-state index in [0.29, 0.717) is 12.6 Å². The number of aromatic hydroxyl groups is 1. The van der Waals surface area contributed by atoms with Crippen molar-refractivity contribution in [3.63, 3.8) is 0 Å². The van der Waals surface area contributed by atoms with Crippen molar-refractivity contribution in [1.82, 2.24) is 15.5 Å². The molecule has 26 heavy (non-hydrogen) atoms. The van der Waals surface area contributed by atoms with Crippen molar-refractivity contribution in [2.75, 3.05) is 26.2 Å². The second kappa shape index (κ2) is 11.4. The Labute approximate surface area is 172 Å². The van der Waals surface area contributed by atoms with Gasteiger partial charge in [0, 0.05) is 32.2 Å². The average molecular weight is 476 g/mol. The lowest BCUT2D eigenvalue weighted by atomic mass is 10.0. The largest absolute Gasteiger partial charge is 0.505 e. The molecule has 1 aliphatic heterocycles. The molecule has 0 aliphatic carbocycles. The van der Waals surface area contributed by atoms with Crippen molar-refractivity contribution < 1.29 is 9.50 Å². The SMILES string of the molecule is C=C(C)CN1CCC(NC(=NCc2ccc(O)c(F)c2)NCC)CC1.I. The number of benzene rings is 1. The number of nitrogens with zero attached hydrogens (tertiary/aromatic N) is 2. The molecule has 3 N–H and O–H groups in total. The third-order valence-corrected chi connectivity index (χ3v) is 4.20. The number of piperidine rings is 1. The van der Waals surface area contributed by atoms with Gasteiger partial charge in [0.05, 0.1) is 6.54 Å². The van der Waals surface area contributed by atoms with Gasteiger partial charge in [-0.05, 0) is 44.4 Å². The molecule has 1 aliphatic rings. The fraction of sp³-hybridized carbons (Fsp3) is 0.526. The monoisotopic (exact) mass is 476 g/mol. The molecule has 7 heteroatoms. The van der Waals surface area contributed by atoms with Crippen LogP contribution in [0.3, 0.4) is 0 Å². The van der Waals surface area contributed by atoms with Gasteiger partial charge in [-0.2, -0.15) is 0 Å². The first-order chi connectivity index (χ1) is 12.0. The zero-order chi connectivity index (χ0) is 18.2. The molecule has 1 saturated heterocycles. The van der Waals surface area contributed by atoms with Crippen LogP contribution >= 0.6 is 24.0 Å². The van der Waals surface area contributed by atoms with Gasteiger partial charge in [-0.25, -0.2) is 9.38 Å². The van der Waals surface area contributed by atoms with E-state index in [-0.39, 0.29) is 29.7 Å². The highest BCUT2D eigenvalue weighted by molar-refractivity contribution is 14.0. The van der Waals surface area contributed by atoms with Crippen molar-refractivity contribution in [1.29, 1.82) is 0 Å². The maximum atomic E-state index is 13.4. The molecule has 5 nitrogen and oxygen atoms in total. The predicted molar refractivity (Wildman–Crippen MR) is 116 cm³/mol. The standard InChI is InChI=1S/C19H29FN4O.HI/c1-4-21-19(22-12-15-5-6-18(25)17(20)11-15)23-16-7-9-24(10-8-16)13-14(2)3;/h5-6,11,16,25H,2,4,7-10,12-13H2,1,3H3,(H2,21,22,23);1H. The highest BCUT2D eigenvalue weighted by atomic mass is 127. The minimum absolute atomic E-state index is 0. The van der Waals surface area contributed by atoms with E-state index >= 15 is 0 Å². The van der Waals surface area contributed by atoms with Crippen molar-refractivity contribution >= 4 is 29.9 Å². The Morgan fingerprint density at radius 1 is 1.38 bits per heavy atom. The Kier molecular flexibility index (Phi) is 9.93. The number of phenolic OH excluding ortho intramolecular Hbond substituents is 1. The van der Waals surface area contributed by atoms with Crippen LogP contribution in [0.2, 0.25) is 0 Å². The van der Waals surface area contributed by atoms with E-state index in [4.69, 9.17) is 0 Å². The average Bonchev–Trinajstić information content (AvgIpc) is 2.57. The van der Waals surface area contributed by atoms with Gasteiger partial charge >= 0.3 is 0 Å². The number of hydrogen-bond acceptors (Lipinski definition) is 3. The first-order valence-corrected chi connectivity index (χ1v) is 8.87. The maximum Gasteiger partial charge on any atom is 0.191 e. The molecule has 0 bridgehead atoms. The summed E-state index contributed by atoms with van der Waals surface area (Å²) in [6.45, 7) is 12.3. The Bertz CT molecular complexity index is 616. The Morgan fingerprint density at radius 2 is 2.08 bits per heavy atom. The molecule has 0 unspecified atom stereocenters. The summed E-state index contributed by atoms with van der Waals surface area (Å²) in [7, 11) is 0. The van der Waals surface area contributed by atoms with Gasteiger partial charge in [0.2, 0.25) is 0 Å². The first-order valence-electron chi connectivity index (χ1n) is 8.87. The summed E-state index contributed by atoms with van der Waals surface area (Å²) in [6.07, 6.45) is 2.12. The van der Waals surface area contributed by atoms with Crippen LogP contribution in [0.4, 0.5) is 4.39 Å². The minimum atomic E-state index is -0.615. The van der Waals surface area contributed by atoms with Crippen LogP contribution in [0.25, 0.3) is 0 Å². The van der Waals surface area contributed by atoms with E-state index in [0.717, 1.165) is 50.5 Å². The molecule has 2 rings (SSSR count). The lowest BCUT2D eigenvalue weighted by Crippen LogP contribution is -2.48. The molecule has 0 spiro atoms. The maximum absolute atomic E-state index is 13.4. The molecule has 0 amide bonds. The zero-order valence-electron chi connectivity index (χ0n) is 15.6. The van der Waals surface area contributed by atoms with E-state index in [1.807, 2.05) is 6.92 Å². The molecule has 0 radical (unpaired) electrons. The molecule has 1 heterocycles. The van der Waals surface area contributed by atoms with Gasteiger partial charge in [0.25, 0.3) is 0 Å². The number of phenols is 1. The Hall–Kier alpha value is -1.35. The molecule has 0 atom stereocenters. The molecule has 1 fully saturated rings. The van der Waals surface area contributed by atoms with Crippen LogP contribution in [0.1, 0.15) is 32.3 Å². The van der Waals surface area contributed by atoms with Crippen molar-refractivity contribution in [3.05, 3.63) is 41.7 Å². The number of nitrogens with one attached hydrogen (secondary N) is 2. The van der Waals surface area contributed by atoms with Crippen LogP contribution in [0.5, 0.6) is 5.75 Å². The zero-order valence-corrected chi connectivity index (χ0v) is 17.9. The lowest BCUT2D eigenvalue weighted by Gasteiger charge is -2.33. The van der Waals surface area contributed by atoms with E-state index in [1.54, 1.807) is 6.07 Å². The van der Waals surface area contributed by atoms with E-state index < -0.39 is 5.82 Å². The number of hydrogen-bond donors (Lipinski definition) is 3. The van der Waals surface area contributed by atoms with Gasteiger partial charge in [-0.3, -0.25) is 4.90 Å². The van der Waals surface area contributed by atoms with Gasteiger partial charge in [-0.1, -0.05) is 18.2 Å². The molecule has 0 aromatic heterocycles. The number of rotatable bonds is 6. The Balaban J connectivity index is 0.00000338. The van der Waals surface area contributed by atoms with Crippen molar-refractivity contribution in [3.8, 4) is 5.75 Å². The first kappa shape index (κ1) is 22.7. The molecular weight excluding hydrogens is 446 g/mol. The third-order valence-electron chi connectivity index (χ3n) is 4.20. The van der Waals surface area contributed by atoms with Crippen LogP contribution in [-0.2, 0) is 6.54 Å². The van der Waals surface area contributed by atoms with E-state index in [2.05, 4.69) is 34.0 Å². The van der Waals surface area contributed by atoms with E-state index in [1.165, 1.54) is 17.7 Å². The van der Waals surface area contributed by atoms with Crippen LogP contribution in [0.15, 0.2) is 35.3 Å². The molecule has 146 valence electrons. The second-order valence-corrected chi connectivity index (χ2v) is 6.63. The van der Waals surface area contributed by atoms with Gasteiger partial charge in [0.15, 0.2) is 17.5 Å². The number of halogens is 2. The number of likely N-dealkylation sites (tertiary alicyclic amines) is 1. The summed E-state index contributed by atoms with van der Waals surface area (Å²) in [4.78, 5) is 6.95.